The Labute approximate surface area is 107 Å². The smallest absolute Gasteiger partial charge is 0.137 e. The lowest BCUT2D eigenvalue weighted by Gasteiger charge is -2.33. The van der Waals surface area contributed by atoms with Gasteiger partial charge in [-0.25, -0.2) is 9.97 Å². The van der Waals surface area contributed by atoms with Gasteiger partial charge in [-0.3, -0.25) is 0 Å². The van der Waals surface area contributed by atoms with Crippen LogP contribution < -0.4 is 4.90 Å². The minimum absolute atomic E-state index is 0.486. The van der Waals surface area contributed by atoms with Gasteiger partial charge in [-0.2, -0.15) is 0 Å². The van der Waals surface area contributed by atoms with Crippen LogP contribution in [0.15, 0.2) is 6.33 Å². The van der Waals surface area contributed by atoms with Gasteiger partial charge in [0.25, 0.3) is 0 Å². The van der Waals surface area contributed by atoms with Gasteiger partial charge in [0, 0.05) is 31.9 Å². The first-order chi connectivity index (χ1) is 8.24. The molecule has 1 aromatic heterocycles. The van der Waals surface area contributed by atoms with Crippen molar-refractivity contribution in [3.05, 3.63) is 17.0 Å². The van der Waals surface area contributed by atoms with E-state index in [1.165, 1.54) is 6.33 Å². The molecule has 0 spiro atoms. The Hall–Kier alpha value is -0.870. The van der Waals surface area contributed by atoms with Crippen LogP contribution in [0.5, 0.6) is 0 Å². The molecular formula is C12H18ClN3O. The van der Waals surface area contributed by atoms with Crippen LogP contribution in [0.4, 0.5) is 5.82 Å². The molecule has 1 aromatic rings. The number of rotatable bonds is 3. The minimum atomic E-state index is 0.486. The summed E-state index contributed by atoms with van der Waals surface area (Å²) in [5, 5.41) is 0.566. The Balaban J connectivity index is 2.23. The molecular weight excluding hydrogens is 238 g/mol. The van der Waals surface area contributed by atoms with Crippen LogP contribution in [-0.4, -0.2) is 36.3 Å². The zero-order valence-electron chi connectivity index (χ0n) is 10.3. The lowest BCUT2D eigenvalue weighted by Crippen LogP contribution is -2.37. The molecule has 1 fully saturated rings. The van der Waals surface area contributed by atoms with E-state index in [1.54, 1.807) is 0 Å². The van der Waals surface area contributed by atoms with Crippen molar-refractivity contribution in [2.24, 2.45) is 0 Å². The highest BCUT2D eigenvalue weighted by molar-refractivity contribution is 6.30. The minimum Gasteiger partial charge on any atom is -0.381 e. The fourth-order valence-electron chi connectivity index (χ4n) is 2.24. The molecule has 5 heteroatoms. The molecule has 0 saturated carbocycles. The number of nitrogens with zero attached hydrogens (tertiary/aromatic N) is 3. The molecule has 1 saturated heterocycles. The number of hydrogen-bond acceptors (Lipinski definition) is 4. The van der Waals surface area contributed by atoms with Crippen LogP contribution in [0.2, 0.25) is 5.15 Å². The van der Waals surface area contributed by atoms with Gasteiger partial charge in [0.1, 0.15) is 17.3 Å². The maximum absolute atomic E-state index is 6.11. The quantitative estimate of drug-likeness (QED) is 0.777. The van der Waals surface area contributed by atoms with Crippen molar-refractivity contribution >= 4 is 17.4 Å². The molecule has 0 unspecified atom stereocenters. The molecule has 0 atom stereocenters. The largest absolute Gasteiger partial charge is 0.381 e. The highest BCUT2D eigenvalue weighted by Crippen LogP contribution is 2.26. The summed E-state index contributed by atoms with van der Waals surface area (Å²) in [6.45, 7) is 3.73. The number of halogens is 1. The summed E-state index contributed by atoms with van der Waals surface area (Å²) < 4.78 is 5.38. The topological polar surface area (TPSA) is 38.2 Å². The van der Waals surface area contributed by atoms with E-state index < -0.39 is 0 Å². The van der Waals surface area contributed by atoms with Gasteiger partial charge in [-0.1, -0.05) is 18.5 Å². The molecule has 0 aromatic carbocycles. The van der Waals surface area contributed by atoms with E-state index in [2.05, 4.69) is 28.8 Å². The predicted molar refractivity (Wildman–Crippen MR) is 68.7 cm³/mol. The molecule has 2 rings (SSSR count). The highest BCUT2D eigenvalue weighted by atomic mass is 35.5. The third kappa shape index (κ3) is 2.69. The van der Waals surface area contributed by atoms with Gasteiger partial charge in [0.2, 0.25) is 0 Å². The lowest BCUT2D eigenvalue weighted by atomic mass is 10.1. The van der Waals surface area contributed by atoms with Crippen LogP contribution in [0.25, 0.3) is 0 Å². The maximum Gasteiger partial charge on any atom is 0.137 e. The van der Waals surface area contributed by atoms with Gasteiger partial charge >= 0.3 is 0 Å². The Morgan fingerprint density at radius 2 is 2.12 bits per heavy atom. The summed E-state index contributed by atoms with van der Waals surface area (Å²) >= 11 is 6.11. The van der Waals surface area contributed by atoms with E-state index in [1.807, 2.05) is 0 Å². The van der Waals surface area contributed by atoms with Crippen molar-refractivity contribution in [3.63, 3.8) is 0 Å². The van der Waals surface area contributed by atoms with Crippen LogP contribution >= 0.6 is 11.6 Å². The zero-order chi connectivity index (χ0) is 12.3. The second kappa shape index (κ2) is 5.65. The fourth-order valence-corrected chi connectivity index (χ4v) is 2.50. The van der Waals surface area contributed by atoms with E-state index in [0.717, 1.165) is 43.9 Å². The number of ether oxygens (including phenoxy) is 1. The van der Waals surface area contributed by atoms with E-state index in [0.29, 0.717) is 11.2 Å². The normalized spacial score (nSPS) is 17.1. The Morgan fingerprint density at radius 3 is 2.76 bits per heavy atom. The van der Waals surface area contributed by atoms with Gasteiger partial charge in [-0.15, -0.1) is 0 Å². The average molecular weight is 256 g/mol. The van der Waals surface area contributed by atoms with Crippen molar-refractivity contribution in [1.82, 2.24) is 9.97 Å². The van der Waals surface area contributed by atoms with Crippen LogP contribution in [0.1, 0.15) is 25.3 Å². The summed E-state index contributed by atoms with van der Waals surface area (Å²) in [6, 6.07) is 0.486. The van der Waals surface area contributed by atoms with E-state index in [9.17, 15) is 0 Å². The van der Waals surface area contributed by atoms with Crippen molar-refractivity contribution < 1.29 is 4.74 Å². The third-order valence-corrected chi connectivity index (χ3v) is 3.62. The first-order valence-electron chi connectivity index (χ1n) is 6.04. The monoisotopic (exact) mass is 255 g/mol. The van der Waals surface area contributed by atoms with Crippen molar-refractivity contribution in [2.75, 3.05) is 25.2 Å². The van der Waals surface area contributed by atoms with Gasteiger partial charge in [0.15, 0.2) is 0 Å². The Morgan fingerprint density at radius 1 is 1.41 bits per heavy atom. The van der Waals surface area contributed by atoms with E-state index in [-0.39, 0.29) is 0 Å². The van der Waals surface area contributed by atoms with Crippen molar-refractivity contribution in [3.8, 4) is 0 Å². The average Bonchev–Trinajstić information content (AvgIpc) is 2.38. The predicted octanol–water partition coefficient (Wildman–Crippen LogP) is 2.31. The highest BCUT2D eigenvalue weighted by Gasteiger charge is 2.22. The molecule has 0 bridgehead atoms. The van der Waals surface area contributed by atoms with Crippen LogP contribution in [0, 0.1) is 0 Å². The summed E-state index contributed by atoms with van der Waals surface area (Å²) in [7, 11) is 2.08. The van der Waals surface area contributed by atoms with Gasteiger partial charge < -0.3 is 9.64 Å². The molecule has 0 N–H and O–H groups in total. The summed E-state index contributed by atoms with van der Waals surface area (Å²) in [5.74, 6) is 0.958. The van der Waals surface area contributed by atoms with E-state index in [4.69, 9.17) is 16.3 Å². The van der Waals surface area contributed by atoms with Crippen LogP contribution in [0.3, 0.4) is 0 Å². The molecule has 0 radical (unpaired) electrons. The summed E-state index contributed by atoms with van der Waals surface area (Å²) in [5.41, 5.74) is 1.03. The maximum atomic E-state index is 6.11. The van der Waals surface area contributed by atoms with Crippen molar-refractivity contribution in [1.29, 1.82) is 0 Å². The first kappa shape index (κ1) is 12.6. The molecule has 4 nitrogen and oxygen atoms in total. The Bertz CT molecular complexity index is 380. The number of hydrogen-bond donors (Lipinski definition) is 0. The molecule has 2 heterocycles. The van der Waals surface area contributed by atoms with Crippen molar-refractivity contribution in [2.45, 2.75) is 32.2 Å². The van der Waals surface area contributed by atoms with E-state index >= 15 is 0 Å². The summed E-state index contributed by atoms with van der Waals surface area (Å²) in [4.78, 5) is 10.6. The molecule has 1 aliphatic heterocycles. The molecule has 17 heavy (non-hydrogen) atoms. The third-order valence-electron chi connectivity index (χ3n) is 3.30. The summed E-state index contributed by atoms with van der Waals surface area (Å²) in [6.07, 6.45) is 4.47. The zero-order valence-corrected chi connectivity index (χ0v) is 11.1. The second-order valence-corrected chi connectivity index (χ2v) is 4.63. The SMILES string of the molecule is CCc1c(Cl)ncnc1N(C)C1CCOCC1. The standard InChI is InChI=1S/C12H18ClN3O/c1-3-10-11(13)14-8-15-12(10)16(2)9-4-6-17-7-5-9/h8-9H,3-7H2,1-2H3. The first-order valence-corrected chi connectivity index (χ1v) is 6.41. The molecule has 1 aliphatic rings. The second-order valence-electron chi connectivity index (χ2n) is 4.27. The molecule has 94 valence electrons. The fraction of sp³-hybridized carbons (Fsp3) is 0.667. The lowest BCUT2D eigenvalue weighted by molar-refractivity contribution is 0.0853. The number of aromatic nitrogens is 2. The Kier molecular flexibility index (Phi) is 4.18. The van der Waals surface area contributed by atoms with Gasteiger partial charge in [-0.05, 0) is 19.3 Å². The number of anilines is 1. The molecule has 0 amide bonds. The van der Waals surface area contributed by atoms with Gasteiger partial charge in [0.05, 0.1) is 0 Å². The van der Waals surface area contributed by atoms with Crippen LogP contribution in [-0.2, 0) is 11.2 Å². The molecule has 0 aliphatic carbocycles.